The van der Waals surface area contributed by atoms with Crippen molar-refractivity contribution in [3.63, 3.8) is 0 Å². The van der Waals surface area contributed by atoms with Gasteiger partial charge in [0.05, 0.1) is 0 Å². The number of rotatable bonds is 4. The van der Waals surface area contributed by atoms with Crippen molar-refractivity contribution in [1.82, 2.24) is 5.32 Å². The summed E-state index contributed by atoms with van der Waals surface area (Å²) in [5.41, 5.74) is 2.89. The molecule has 0 saturated carbocycles. The second-order valence-corrected chi connectivity index (χ2v) is 6.35. The molecule has 0 bridgehead atoms. The molecule has 2 aromatic rings. The van der Waals surface area contributed by atoms with Crippen LogP contribution >= 0.6 is 12.2 Å². The zero-order valence-corrected chi connectivity index (χ0v) is 15.2. The summed E-state index contributed by atoms with van der Waals surface area (Å²) in [5.74, 6) is -0.375. The first-order chi connectivity index (χ1) is 11.9. The van der Waals surface area contributed by atoms with Crippen LogP contribution in [0.4, 0.5) is 11.4 Å². The summed E-state index contributed by atoms with van der Waals surface area (Å²) in [6.45, 7) is 5.54. The summed E-state index contributed by atoms with van der Waals surface area (Å²) in [4.78, 5) is 23.9. The highest BCUT2D eigenvalue weighted by molar-refractivity contribution is 7.80. The molecule has 0 aromatic heterocycles. The fourth-order valence-corrected chi connectivity index (χ4v) is 2.29. The van der Waals surface area contributed by atoms with Crippen molar-refractivity contribution in [2.75, 3.05) is 10.6 Å². The van der Waals surface area contributed by atoms with E-state index in [1.807, 2.05) is 39.0 Å². The molecule has 0 unspecified atom stereocenters. The second-order valence-electron chi connectivity index (χ2n) is 5.94. The largest absolute Gasteiger partial charge is 0.332 e. The molecular formula is C19H21N3O2S. The van der Waals surface area contributed by atoms with Gasteiger partial charge in [-0.05, 0) is 55.0 Å². The summed E-state index contributed by atoms with van der Waals surface area (Å²) >= 11 is 5.18. The maximum Gasteiger partial charge on any atom is 0.257 e. The number of hydrogen-bond donors (Lipinski definition) is 3. The van der Waals surface area contributed by atoms with Crippen molar-refractivity contribution in [3.05, 3.63) is 59.7 Å². The molecule has 0 spiro atoms. The van der Waals surface area contributed by atoms with E-state index >= 15 is 0 Å². The number of thiocarbonyl (C=S) groups is 1. The van der Waals surface area contributed by atoms with E-state index in [1.165, 1.54) is 0 Å². The van der Waals surface area contributed by atoms with Gasteiger partial charge in [-0.2, -0.15) is 0 Å². The van der Waals surface area contributed by atoms with E-state index in [-0.39, 0.29) is 22.8 Å². The average Bonchev–Trinajstić information content (AvgIpc) is 2.56. The lowest BCUT2D eigenvalue weighted by molar-refractivity contribution is -0.118. The van der Waals surface area contributed by atoms with E-state index in [9.17, 15) is 9.59 Å². The van der Waals surface area contributed by atoms with Crippen LogP contribution in [-0.4, -0.2) is 16.9 Å². The second kappa shape index (κ2) is 8.39. The minimum Gasteiger partial charge on any atom is -0.332 e. The van der Waals surface area contributed by atoms with Crippen molar-refractivity contribution in [2.24, 2.45) is 5.92 Å². The Morgan fingerprint density at radius 2 is 1.48 bits per heavy atom. The number of amides is 2. The molecule has 25 heavy (non-hydrogen) atoms. The molecular weight excluding hydrogens is 334 g/mol. The van der Waals surface area contributed by atoms with Crippen LogP contribution in [0, 0.1) is 12.8 Å². The normalized spacial score (nSPS) is 10.2. The lowest BCUT2D eigenvalue weighted by Crippen LogP contribution is -2.34. The van der Waals surface area contributed by atoms with Gasteiger partial charge in [0.2, 0.25) is 5.91 Å². The van der Waals surface area contributed by atoms with Crippen LogP contribution in [0.15, 0.2) is 48.5 Å². The minimum atomic E-state index is -0.253. The Kier molecular flexibility index (Phi) is 6.25. The van der Waals surface area contributed by atoms with Gasteiger partial charge in [-0.3, -0.25) is 14.9 Å². The zero-order valence-electron chi connectivity index (χ0n) is 14.4. The first-order valence-corrected chi connectivity index (χ1v) is 8.36. The van der Waals surface area contributed by atoms with E-state index < -0.39 is 0 Å². The van der Waals surface area contributed by atoms with Crippen molar-refractivity contribution < 1.29 is 9.59 Å². The average molecular weight is 355 g/mol. The molecule has 0 aliphatic heterocycles. The van der Waals surface area contributed by atoms with Crippen LogP contribution in [-0.2, 0) is 4.79 Å². The van der Waals surface area contributed by atoms with E-state index in [2.05, 4.69) is 16.0 Å². The Morgan fingerprint density at radius 3 is 2.04 bits per heavy atom. The highest BCUT2D eigenvalue weighted by Gasteiger charge is 2.10. The summed E-state index contributed by atoms with van der Waals surface area (Å²) in [5, 5.41) is 8.64. The molecule has 6 heteroatoms. The molecule has 5 nitrogen and oxygen atoms in total. The number of hydrogen-bond acceptors (Lipinski definition) is 3. The maximum atomic E-state index is 12.2. The van der Waals surface area contributed by atoms with Crippen molar-refractivity contribution in [2.45, 2.75) is 20.8 Å². The van der Waals surface area contributed by atoms with E-state index in [0.29, 0.717) is 11.3 Å². The van der Waals surface area contributed by atoms with Gasteiger partial charge in [0.15, 0.2) is 5.11 Å². The van der Waals surface area contributed by atoms with Gasteiger partial charge in [-0.15, -0.1) is 0 Å². The number of aryl methyl sites for hydroxylation is 1. The molecule has 130 valence electrons. The summed E-state index contributed by atoms with van der Waals surface area (Å²) < 4.78 is 0. The van der Waals surface area contributed by atoms with Crippen LogP contribution in [0.2, 0.25) is 0 Å². The quantitative estimate of drug-likeness (QED) is 0.731. The summed E-state index contributed by atoms with van der Waals surface area (Å²) in [6.07, 6.45) is 0. The van der Waals surface area contributed by atoms with Crippen molar-refractivity contribution >= 4 is 40.5 Å². The molecule has 0 aliphatic rings. The Bertz CT molecular complexity index is 786. The smallest absolute Gasteiger partial charge is 0.257 e. The molecule has 3 N–H and O–H groups in total. The Morgan fingerprint density at radius 1 is 0.920 bits per heavy atom. The van der Waals surface area contributed by atoms with Gasteiger partial charge in [0, 0.05) is 22.9 Å². The van der Waals surface area contributed by atoms with E-state index in [0.717, 1.165) is 11.3 Å². The van der Waals surface area contributed by atoms with Gasteiger partial charge in [-0.1, -0.05) is 32.0 Å². The molecule has 0 atom stereocenters. The van der Waals surface area contributed by atoms with Crippen LogP contribution < -0.4 is 16.0 Å². The standard InChI is InChI=1S/C19H21N3O2S/c1-12(2)17(23)20-14-8-10-15(11-9-14)21-19(25)22-18(24)16-7-5-4-6-13(16)3/h4-12H,1-3H3,(H,20,23)(H2,21,22,24,25). The van der Waals surface area contributed by atoms with Gasteiger partial charge in [0.25, 0.3) is 5.91 Å². The summed E-state index contributed by atoms with van der Waals surface area (Å²) in [6, 6.07) is 14.4. The molecule has 2 aromatic carbocycles. The Hall–Kier alpha value is -2.73. The van der Waals surface area contributed by atoms with Crippen molar-refractivity contribution in [1.29, 1.82) is 0 Å². The number of anilines is 2. The van der Waals surface area contributed by atoms with Crippen LogP contribution in [0.3, 0.4) is 0 Å². The number of benzene rings is 2. The third-order valence-electron chi connectivity index (χ3n) is 3.55. The Balaban J connectivity index is 1.93. The number of nitrogens with one attached hydrogen (secondary N) is 3. The molecule has 0 aliphatic carbocycles. The van der Waals surface area contributed by atoms with Gasteiger partial charge in [0.1, 0.15) is 0 Å². The van der Waals surface area contributed by atoms with Crippen molar-refractivity contribution in [3.8, 4) is 0 Å². The summed E-state index contributed by atoms with van der Waals surface area (Å²) in [7, 11) is 0. The lowest BCUT2D eigenvalue weighted by Gasteiger charge is -2.12. The molecule has 0 radical (unpaired) electrons. The third kappa shape index (κ3) is 5.39. The Labute approximate surface area is 152 Å². The lowest BCUT2D eigenvalue weighted by atomic mass is 10.1. The first-order valence-electron chi connectivity index (χ1n) is 7.95. The van der Waals surface area contributed by atoms with E-state index in [4.69, 9.17) is 12.2 Å². The first kappa shape index (κ1) is 18.6. The monoisotopic (exact) mass is 355 g/mol. The zero-order chi connectivity index (χ0) is 18.4. The van der Waals surface area contributed by atoms with Crippen LogP contribution in [0.25, 0.3) is 0 Å². The van der Waals surface area contributed by atoms with Gasteiger partial charge >= 0.3 is 0 Å². The molecule has 0 saturated heterocycles. The van der Waals surface area contributed by atoms with Crippen LogP contribution in [0.5, 0.6) is 0 Å². The van der Waals surface area contributed by atoms with Gasteiger partial charge in [-0.25, -0.2) is 0 Å². The SMILES string of the molecule is Cc1ccccc1C(=O)NC(=S)Nc1ccc(NC(=O)C(C)C)cc1. The predicted octanol–water partition coefficient (Wildman–Crippen LogP) is 3.72. The molecule has 0 heterocycles. The van der Waals surface area contributed by atoms with E-state index in [1.54, 1.807) is 30.3 Å². The molecule has 0 fully saturated rings. The topological polar surface area (TPSA) is 70.2 Å². The molecule has 2 rings (SSSR count). The highest BCUT2D eigenvalue weighted by atomic mass is 32.1. The molecule has 2 amide bonds. The minimum absolute atomic E-state index is 0.0401. The number of carbonyl (C=O) groups excluding carboxylic acids is 2. The van der Waals surface area contributed by atoms with Crippen LogP contribution in [0.1, 0.15) is 29.8 Å². The number of carbonyl (C=O) groups is 2. The van der Waals surface area contributed by atoms with Gasteiger partial charge < -0.3 is 10.6 Å². The third-order valence-corrected chi connectivity index (χ3v) is 3.76. The highest BCUT2D eigenvalue weighted by Crippen LogP contribution is 2.14. The maximum absolute atomic E-state index is 12.2. The fourth-order valence-electron chi connectivity index (χ4n) is 2.08. The fraction of sp³-hybridized carbons (Fsp3) is 0.211. The predicted molar refractivity (Wildman–Crippen MR) is 105 cm³/mol.